The molecule has 1 heterocycles. The second kappa shape index (κ2) is 8.48. The summed E-state index contributed by atoms with van der Waals surface area (Å²) in [6, 6.07) is 17.4. The zero-order valence-corrected chi connectivity index (χ0v) is 15.0. The van der Waals surface area contributed by atoms with E-state index in [-0.39, 0.29) is 17.7 Å². The number of para-hydroxylation sites is 1. The van der Waals surface area contributed by atoms with Crippen molar-refractivity contribution in [2.24, 2.45) is 5.92 Å². The van der Waals surface area contributed by atoms with Gasteiger partial charge in [-0.05, 0) is 49.1 Å². The van der Waals surface area contributed by atoms with Gasteiger partial charge in [-0.15, -0.1) is 0 Å². The highest BCUT2D eigenvalue weighted by atomic mass is 16.2. The summed E-state index contributed by atoms with van der Waals surface area (Å²) in [6.07, 6.45) is 5.12. The highest BCUT2D eigenvalue weighted by Crippen LogP contribution is 2.19. The van der Waals surface area contributed by atoms with Gasteiger partial charge in [0.2, 0.25) is 11.8 Å². The minimum atomic E-state index is -0.167. The third-order valence-corrected chi connectivity index (χ3v) is 4.74. The fourth-order valence-electron chi connectivity index (χ4n) is 3.20. The van der Waals surface area contributed by atoms with Gasteiger partial charge in [-0.1, -0.05) is 42.5 Å². The van der Waals surface area contributed by atoms with Crippen LogP contribution >= 0.6 is 0 Å². The first-order valence-corrected chi connectivity index (χ1v) is 9.02. The number of hydrogen-bond acceptors (Lipinski definition) is 2. The van der Waals surface area contributed by atoms with Gasteiger partial charge in [-0.25, -0.2) is 0 Å². The van der Waals surface area contributed by atoms with Crippen LogP contribution in [0.25, 0.3) is 6.08 Å². The van der Waals surface area contributed by atoms with E-state index in [1.807, 2.05) is 67.6 Å². The van der Waals surface area contributed by atoms with Crippen molar-refractivity contribution in [2.75, 3.05) is 18.4 Å². The summed E-state index contributed by atoms with van der Waals surface area (Å²) >= 11 is 0. The van der Waals surface area contributed by atoms with Crippen LogP contribution in [-0.2, 0) is 9.59 Å². The summed E-state index contributed by atoms with van der Waals surface area (Å²) in [6.45, 7) is 3.19. The molecule has 0 bridgehead atoms. The molecule has 1 fully saturated rings. The lowest BCUT2D eigenvalue weighted by molar-refractivity contribution is -0.130. The number of nitrogens with one attached hydrogen (secondary N) is 1. The summed E-state index contributed by atoms with van der Waals surface area (Å²) in [5.74, 6) is -0.221. The summed E-state index contributed by atoms with van der Waals surface area (Å²) in [7, 11) is 0. The van der Waals surface area contributed by atoms with Crippen LogP contribution in [0.15, 0.2) is 60.7 Å². The maximum Gasteiger partial charge on any atom is 0.246 e. The first-order valence-electron chi connectivity index (χ1n) is 9.02. The molecule has 1 atom stereocenters. The van der Waals surface area contributed by atoms with E-state index in [1.54, 1.807) is 11.0 Å². The molecule has 4 nitrogen and oxygen atoms in total. The van der Waals surface area contributed by atoms with Crippen molar-refractivity contribution >= 4 is 23.6 Å². The summed E-state index contributed by atoms with van der Waals surface area (Å²) in [4.78, 5) is 26.8. The van der Waals surface area contributed by atoms with Crippen LogP contribution in [0.5, 0.6) is 0 Å². The maximum absolute atomic E-state index is 12.5. The highest BCUT2D eigenvalue weighted by Gasteiger charge is 2.27. The summed E-state index contributed by atoms with van der Waals surface area (Å²) in [5, 5.41) is 2.94. The molecule has 1 aliphatic heterocycles. The standard InChI is InChI=1S/C22H24N2O2/c1-17-8-5-6-9-18(17)13-14-21(25)24-15-7-10-19(16-24)22(26)23-20-11-3-2-4-12-20/h2-6,8-9,11-14,19H,7,10,15-16H2,1H3,(H,23,26). The number of rotatable bonds is 4. The Kier molecular flexibility index (Phi) is 5.84. The summed E-state index contributed by atoms with van der Waals surface area (Å²) < 4.78 is 0. The number of hydrogen-bond donors (Lipinski definition) is 1. The van der Waals surface area contributed by atoms with E-state index in [9.17, 15) is 9.59 Å². The third-order valence-electron chi connectivity index (χ3n) is 4.74. The number of carbonyl (C=O) groups excluding carboxylic acids is 2. The van der Waals surface area contributed by atoms with Crippen LogP contribution in [0.1, 0.15) is 24.0 Å². The van der Waals surface area contributed by atoms with Crippen LogP contribution in [0.3, 0.4) is 0 Å². The van der Waals surface area contributed by atoms with Crippen molar-refractivity contribution in [1.82, 2.24) is 4.90 Å². The molecule has 2 aromatic carbocycles. The Bertz CT molecular complexity index is 799. The fraction of sp³-hybridized carbons (Fsp3) is 0.273. The molecular formula is C22H24N2O2. The van der Waals surface area contributed by atoms with Gasteiger partial charge in [0.05, 0.1) is 5.92 Å². The number of piperidine rings is 1. The number of aryl methyl sites for hydroxylation is 1. The molecular weight excluding hydrogens is 324 g/mol. The van der Waals surface area contributed by atoms with Gasteiger partial charge in [0, 0.05) is 24.9 Å². The molecule has 1 saturated heterocycles. The second-order valence-electron chi connectivity index (χ2n) is 6.67. The Hall–Kier alpha value is -2.88. The predicted molar refractivity (Wildman–Crippen MR) is 105 cm³/mol. The molecule has 134 valence electrons. The van der Waals surface area contributed by atoms with Crippen LogP contribution in [0.4, 0.5) is 5.69 Å². The van der Waals surface area contributed by atoms with Gasteiger partial charge in [0.15, 0.2) is 0 Å². The molecule has 2 amide bonds. The van der Waals surface area contributed by atoms with Crippen molar-refractivity contribution in [3.8, 4) is 0 Å². The number of benzene rings is 2. The molecule has 26 heavy (non-hydrogen) atoms. The van der Waals surface area contributed by atoms with E-state index in [0.29, 0.717) is 13.1 Å². The Morgan fingerprint density at radius 2 is 1.81 bits per heavy atom. The number of carbonyl (C=O) groups is 2. The number of likely N-dealkylation sites (tertiary alicyclic amines) is 1. The van der Waals surface area contributed by atoms with Crippen LogP contribution in [0, 0.1) is 12.8 Å². The average Bonchev–Trinajstić information content (AvgIpc) is 2.68. The van der Waals surface area contributed by atoms with Crippen molar-refractivity contribution in [1.29, 1.82) is 0 Å². The number of nitrogens with zero attached hydrogens (tertiary/aromatic N) is 1. The minimum absolute atomic E-state index is 0.0171. The Morgan fingerprint density at radius 3 is 2.58 bits per heavy atom. The van der Waals surface area contributed by atoms with Gasteiger partial charge in [-0.2, -0.15) is 0 Å². The van der Waals surface area contributed by atoms with Crippen molar-refractivity contribution in [3.63, 3.8) is 0 Å². The topological polar surface area (TPSA) is 49.4 Å². The smallest absolute Gasteiger partial charge is 0.246 e. The Morgan fingerprint density at radius 1 is 1.08 bits per heavy atom. The van der Waals surface area contributed by atoms with E-state index in [4.69, 9.17) is 0 Å². The van der Waals surface area contributed by atoms with E-state index in [1.165, 1.54) is 0 Å². The van der Waals surface area contributed by atoms with Crippen molar-refractivity contribution < 1.29 is 9.59 Å². The lowest BCUT2D eigenvalue weighted by Crippen LogP contribution is -2.43. The van der Waals surface area contributed by atoms with Crippen molar-refractivity contribution in [3.05, 3.63) is 71.8 Å². The van der Waals surface area contributed by atoms with Gasteiger partial charge in [0.25, 0.3) is 0 Å². The first-order chi connectivity index (χ1) is 12.6. The quantitative estimate of drug-likeness (QED) is 0.852. The molecule has 0 aliphatic carbocycles. The van der Waals surface area contributed by atoms with E-state index in [2.05, 4.69) is 5.32 Å². The molecule has 0 saturated carbocycles. The monoisotopic (exact) mass is 348 g/mol. The first kappa shape index (κ1) is 17.9. The highest BCUT2D eigenvalue weighted by molar-refractivity contribution is 5.95. The van der Waals surface area contributed by atoms with Crippen LogP contribution < -0.4 is 5.32 Å². The third kappa shape index (κ3) is 4.60. The van der Waals surface area contributed by atoms with E-state index >= 15 is 0 Å². The minimum Gasteiger partial charge on any atom is -0.338 e. The predicted octanol–water partition coefficient (Wildman–Crippen LogP) is 3.89. The van der Waals surface area contributed by atoms with Crippen LogP contribution in [0.2, 0.25) is 0 Å². The van der Waals surface area contributed by atoms with Gasteiger partial charge >= 0.3 is 0 Å². The Balaban J connectivity index is 1.60. The lowest BCUT2D eigenvalue weighted by atomic mass is 9.97. The average molecular weight is 348 g/mol. The molecule has 1 aliphatic rings. The molecule has 0 spiro atoms. The molecule has 0 radical (unpaired) electrons. The summed E-state index contributed by atoms with van der Waals surface area (Å²) in [5.41, 5.74) is 2.96. The van der Waals surface area contributed by atoms with Crippen LogP contribution in [-0.4, -0.2) is 29.8 Å². The van der Waals surface area contributed by atoms with E-state index < -0.39 is 0 Å². The SMILES string of the molecule is Cc1ccccc1C=CC(=O)N1CCCC(C(=O)Nc2ccccc2)C1. The maximum atomic E-state index is 12.5. The molecule has 3 rings (SSSR count). The second-order valence-corrected chi connectivity index (χ2v) is 6.67. The zero-order valence-electron chi connectivity index (χ0n) is 15.0. The normalized spacial score (nSPS) is 17.3. The van der Waals surface area contributed by atoms with Gasteiger partial charge in [0.1, 0.15) is 0 Å². The Labute approximate surface area is 154 Å². The lowest BCUT2D eigenvalue weighted by Gasteiger charge is -2.31. The van der Waals surface area contributed by atoms with Gasteiger partial charge in [-0.3, -0.25) is 9.59 Å². The zero-order chi connectivity index (χ0) is 18.4. The number of amides is 2. The van der Waals surface area contributed by atoms with E-state index in [0.717, 1.165) is 29.7 Å². The molecule has 1 unspecified atom stereocenters. The molecule has 2 aromatic rings. The molecule has 1 N–H and O–H groups in total. The van der Waals surface area contributed by atoms with Gasteiger partial charge < -0.3 is 10.2 Å². The number of anilines is 1. The fourth-order valence-corrected chi connectivity index (χ4v) is 3.20. The molecule has 4 heteroatoms. The molecule has 0 aromatic heterocycles. The largest absolute Gasteiger partial charge is 0.338 e. The van der Waals surface area contributed by atoms with Crippen molar-refractivity contribution in [2.45, 2.75) is 19.8 Å².